The summed E-state index contributed by atoms with van der Waals surface area (Å²) in [6.07, 6.45) is 8.43. The number of fused-ring (bicyclic) bond motifs is 1. The van der Waals surface area contributed by atoms with Crippen molar-refractivity contribution in [3.63, 3.8) is 0 Å². The molecule has 0 bridgehead atoms. The van der Waals surface area contributed by atoms with Crippen LogP contribution in [0, 0.1) is 12.8 Å². The summed E-state index contributed by atoms with van der Waals surface area (Å²) in [5.74, 6) is 3.68. The van der Waals surface area contributed by atoms with Crippen molar-refractivity contribution in [3.8, 4) is 0 Å². The van der Waals surface area contributed by atoms with E-state index in [0.717, 1.165) is 40.4 Å². The molecule has 4 nitrogen and oxygen atoms in total. The van der Waals surface area contributed by atoms with Gasteiger partial charge in [0.2, 0.25) is 0 Å². The first-order valence-electron chi connectivity index (χ1n) is 12.1. The zero-order valence-electron chi connectivity index (χ0n) is 20.5. The highest BCUT2D eigenvalue weighted by atomic mass is 15.1. The summed E-state index contributed by atoms with van der Waals surface area (Å²) in [4.78, 5) is 10.8. The summed E-state index contributed by atoms with van der Waals surface area (Å²) in [6.45, 7) is 4.27. The van der Waals surface area contributed by atoms with Gasteiger partial charge in [0.15, 0.2) is 0 Å². The van der Waals surface area contributed by atoms with E-state index in [4.69, 9.17) is 0 Å². The lowest BCUT2D eigenvalue weighted by molar-refractivity contribution is 0.319. The average Bonchev–Trinajstić information content (AvgIpc) is 3.66. The van der Waals surface area contributed by atoms with Gasteiger partial charge in [-0.1, -0.05) is 49.4 Å². The van der Waals surface area contributed by atoms with Crippen LogP contribution in [0.25, 0.3) is 10.9 Å². The molecule has 5 rings (SSSR count). The van der Waals surface area contributed by atoms with E-state index in [-0.39, 0.29) is 0 Å². The van der Waals surface area contributed by atoms with Crippen LogP contribution in [0.5, 0.6) is 0 Å². The number of para-hydroxylation sites is 1. The Morgan fingerprint density at radius 1 is 0.812 bits per heavy atom. The van der Waals surface area contributed by atoms with E-state index in [2.05, 4.69) is 59.6 Å². The van der Waals surface area contributed by atoms with Gasteiger partial charge in [0.25, 0.3) is 0 Å². The average molecular weight is 433 g/mol. The van der Waals surface area contributed by atoms with Crippen molar-refractivity contribution in [1.29, 1.82) is 0 Å². The maximum Gasteiger partial charge on any atom is 0.139 e. The summed E-state index contributed by atoms with van der Waals surface area (Å²) in [6, 6.07) is 19.6. The fourth-order valence-electron chi connectivity index (χ4n) is 4.20. The minimum absolute atomic E-state index is 0.812. The maximum atomic E-state index is 4.42. The number of hydrogen-bond donors (Lipinski definition) is 1. The van der Waals surface area contributed by atoms with Gasteiger partial charge in [-0.05, 0) is 82.0 Å². The summed E-state index contributed by atoms with van der Waals surface area (Å²) in [7, 11) is 6.06. The van der Waals surface area contributed by atoms with E-state index in [0.29, 0.717) is 0 Å². The van der Waals surface area contributed by atoms with Crippen molar-refractivity contribution in [2.45, 2.75) is 64.3 Å². The van der Waals surface area contributed by atoms with Gasteiger partial charge in [0.05, 0.1) is 5.52 Å². The van der Waals surface area contributed by atoms with Crippen LogP contribution in [0.2, 0.25) is 0 Å². The van der Waals surface area contributed by atoms with Crippen LogP contribution in [-0.4, -0.2) is 37.2 Å². The molecule has 2 aromatic carbocycles. The standard InChI is InChI=1S/C11H13N3.C9H10.C8H17N/c1-8-12-10-7-5-4-6-9(10)11(13-8)14(2)3;1-2-4-8(5-3-1)9-6-7-9;1-7-3-5-8(9-2)6-4-7/h4-7H,1-3H3;1-5,9H,6-7H2;7-9H,3-6H2,1-2H3. The van der Waals surface area contributed by atoms with Gasteiger partial charge in [-0.15, -0.1) is 0 Å². The number of nitrogens with one attached hydrogen (secondary N) is 1. The van der Waals surface area contributed by atoms with E-state index in [1.54, 1.807) is 0 Å². The molecule has 1 N–H and O–H groups in total. The molecule has 2 fully saturated rings. The minimum atomic E-state index is 0.812. The van der Waals surface area contributed by atoms with E-state index in [9.17, 15) is 0 Å². The van der Waals surface area contributed by atoms with E-state index in [1.807, 2.05) is 50.2 Å². The van der Waals surface area contributed by atoms with Crippen LogP contribution in [0.1, 0.15) is 62.8 Å². The van der Waals surface area contributed by atoms with Crippen molar-refractivity contribution in [2.75, 3.05) is 26.0 Å². The predicted octanol–water partition coefficient (Wildman–Crippen LogP) is 6.35. The number of anilines is 1. The Balaban J connectivity index is 0.000000141. The molecule has 0 amide bonds. The molecule has 0 saturated heterocycles. The SMILES string of the molecule is CNC1CCC(C)CC1.Cc1nc(N(C)C)c2ccccc2n1.c1ccc(C2CC2)cc1. The highest BCUT2D eigenvalue weighted by Gasteiger charge is 2.22. The van der Waals surface area contributed by atoms with Gasteiger partial charge in [-0.2, -0.15) is 0 Å². The molecule has 32 heavy (non-hydrogen) atoms. The van der Waals surface area contributed by atoms with Crippen LogP contribution in [0.15, 0.2) is 54.6 Å². The molecule has 0 unspecified atom stereocenters. The summed E-state index contributed by atoms with van der Waals surface area (Å²) in [5, 5.41) is 4.42. The van der Waals surface area contributed by atoms with E-state index < -0.39 is 0 Å². The molecule has 2 saturated carbocycles. The molecule has 2 aliphatic rings. The molecule has 1 aromatic heterocycles. The first-order chi connectivity index (χ1) is 15.5. The molecular formula is C28H40N4. The number of nitrogens with zero attached hydrogens (tertiary/aromatic N) is 3. The molecule has 0 atom stereocenters. The predicted molar refractivity (Wildman–Crippen MR) is 137 cm³/mol. The van der Waals surface area contributed by atoms with Gasteiger partial charge in [-0.25, -0.2) is 9.97 Å². The Bertz CT molecular complexity index is 942. The van der Waals surface area contributed by atoms with Gasteiger partial charge in [-0.3, -0.25) is 0 Å². The number of aromatic nitrogens is 2. The molecule has 0 spiro atoms. The lowest BCUT2D eigenvalue weighted by Crippen LogP contribution is -2.29. The summed E-state index contributed by atoms with van der Waals surface area (Å²) in [5.41, 5.74) is 2.53. The van der Waals surface area contributed by atoms with Crippen molar-refractivity contribution in [1.82, 2.24) is 15.3 Å². The van der Waals surface area contributed by atoms with Crippen molar-refractivity contribution in [2.24, 2.45) is 5.92 Å². The van der Waals surface area contributed by atoms with Crippen LogP contribution < -0.4 is 10.2 Å². The number of hydrogen-bond acceptors (Lipinski definition) is 4. The quantitative estimate of drug-likeness (QED) is 0.523. The first kappa shape index (κ1) is 24.2. The third-order valence-corrected chi connectivity index (χ3v) is 6.39. The first-order valence-corrected chi connectivity index (χ1v) is 12.1. The zero-order valence-corrected chi connectivity index (χ0v) is 20.5. The monoisotopic (exact) mass is 432 g/mol. The van der Waals surface area contributed by atoms with Crippen molar-refractivity contribution in [3.05, 3.63) is 66.0 Å². The summed E-state index contributed by atoms with van der Waals surface area (Å²) < 4.78 is 0. The second-order valence-electron chi connectivity index (χ2n) is 9.44. The smallest absolute Gasteiger partial charge is 0.139 e. The van der Waals surface area contributed by atoms with Gasteiger partial charge in [0, 0.05) is 25.5 Å². The third kappa shape index (κ3) is 7.30. The number of rotatable bonds is 3. The Hall–Kier alpha value is -2.46. The lowest BCUT2D eigenvalue weighted by atomic mass is 9.87. The van der Waals surface area contributed by atoms with Gasteiger partial charge < -0.3 is 10.2 Å². The van der Waals surface area contributed by atoms with Gasteiger partial charge in [0.1, 0.15) is 11.6 Å². The molecule has 0 radical (unpaired) electrons. The zero-order chi connectivity index (χ0) is 22.9. The molecule has 1 heterocycles. The molecular weight excluding hydrogens is 392 g/mol. The maximum absolute atomic E-state index is 4.42. The largest absolute Gasteiger partial charge is 0.362 e. The Morgan fingerprint density at radius 3 is 2.03 bits per heavy atom. The van der Waals surface area contributed by atoms with Crippen LogP contribution in [0.3, 0.4) is 0 Å². The number of aryl methyl sites for hydroxylation is 1. The van der Waals surface area contributed by atoms with Crippen LogP contribution in [0.4, 0.5) is 5.82 Å². The molecule has 2 aliphatic carbocycles. The Morgan fingerprint density at radius 2 is 1.44 bits per heavy atom. The van der Waals surface area contributed by atoms with Crippen LogP contribution >= 0.6 is 0 Å². The Kier molecular flexibility index (Phi) is 9.04. The van der Waals surface area contributed by atoms with E-state index in [1.165, 1.54) is 44.1 Å². The van der Waals surface area contributed by atoms with Crippen molar-refractivity contribution >= 4 is 16.7 Å². The highest BCUT2D eigenvalue weighted by Crippen LogP contribution is 2.39. The molecule has 0 aliphatic heterocycles. The molecule has 4 heteroatoms. The minimum Gasteiger partial charge on any atom is -0.362 e. The fourth-order valence-corrected chi connectivity index (χ4v) is 4.20. The second-order valence-corrected chi connectivity index (χ2v) is 9.44. The lowest BCUT2D eigenvalue weighted by Gasteiger charge is -2.25. The molecule has 3 aromatic rings. The third-order valence-electron chi connectivity index (χ3n) is 6.39. The molecule has 172 valence electrons. The van der Waals surface area contributed by atoms with E-state index >= 15 is 0 Å². The normalized spacial score (nSPS) is 19.9. The van der Waals surface area contributed by atoms with Gasteiger partial charge >= 0.3 is 0 Å². The Labute approximate surface area is 194 Å². The van der Waals surface area contributed by atoms with Crippen molar-refractivity contribution < 1.29 is 0 Å². The topological polar surface area (TPSA) is 41.1 Å². The second kappa shape index (κ2) is 12.0. The number of benzene rings is 2. The summed E-state index contributed by atoms with van der Waals surface area (Å²) >= 11 is 0. The van der Waals surface area contributed by atoms with Crippen LogP contribution in [-0.2, 0) is 0 Å². The fraction of sp³-hybridized carbons (Fsp3) is 0.500. The highest BCUT2D eigenvalue weighted by molar-refractivity contribution is 5.89.